The van der Waals surface area contributed by atoms with Gasteiger partial charge in [0.25, 0.3) is 0 Å². The van der Waals surface area contributed by atoms with E-state index in [1.807, 2.05) is 6.07 Å². The zero-order chi connectivity index (χ0) is 14.8. The average Bonchev–Trinajstić information content (AvgIpc) is 2.74. The smallest absolute Gasteiger partial charge is 0.138 e. The Morgan fingerprint density at radius 3 is 2.55 bits per heavy atom. The molecule has 1 aromatic heterocycles. The second-order valence-corrected chi connectivity index (χ2v) is 6.36. The Morgan fingerprint density at radius 2 is 2.00 bits per heavy atom. The summed E-state index contributed by atoms with van der Waals surface area (Å²) in [5.74, 6) is 2.61. The summed E-state index contributed by atoms with van der Waals surface area (Å²) in [6.45, 7) is 12.2. The summed E-state index contributed by atoms with van der Waals surface area (Å²) < 4.78 is 5.59. The number of rotatable bonds is 4. The van der Waals surface area contributed by atoms with E-state index in [0.717, 1.165) is 37.0 Å². The Labute approximate surface area is 121 Å². The van der Waals surface area contributed by atoms with Crippen LogP contribution in [-0.2, 0) is 10.2 Å². The summed E-state index contributed by atoms with van der Waals surface area (Å²) >= 11 is 0. The highest BCUT2D eigenvalue weighted by Crippen LogP contribution is 2.24. The van der Waals surface area contributed by atoms with E-state index in [-0.39, 0.29) is 11.5 Å². The minimum atomic E-state index is -0.0698. The summed E-state index contributed by atoms with van der Waals surface area (Å²) in [5, 5.41) is 6.76. The molecule has 2 N–H and O–H groups in total. The van der Waals surface area contributed by atoms with Gasteiger partial charge in [0.1, 0.15) is 17.5 Å². The monoisotopic (exact) mass is 278 g/mol. The standard InChI is InChI=1S/C15H26N4O/c1-6-16-12-9-13(17-11-7-8-20-10(11)2)19-14(18-12)15(3,4)5/h9-11H,6-8H2,1-5H3,(H2,16,17,18,19). The van der Waals surface area contributed by atoms with Crippen molar-refractivity contribution in [3.8, 4) is 0 Å². The third kappa shape index (κ3) is 3.60. The molecule has 1 aromatic rings. The van der Waals surface area contributed by atoms with Crippen LogP contribution in [0.4, 0.5) is 11.6 Å². The topological polar surface area (TPSA) is 59.1 Å². The van der Waals surface area contributed by atoms with Gasteiger partial charge in [0.2, 0.25) is 0 Å². The van der Waals surface area contributed by atoms with Crippen LogP contribution in [0.5, 0.6) is 0 Å². The Bertz CT molecular complexity index is 456. The van der Waals surface area contributed by atoms with Gasteiger partial charge in [-0.3, -0.25) is 0 Å². The van der Waals surface area contributed by atoms with Gasteiger partial charge in [-0.15, -0.1) is 0 Å². The van der Waals surface area contributed by atoms with E-state index in [2.05, 4.69) is 55.2 Å². The lowest BCUT2D eigenvalue weighted by molar-refractivity contribution is 0.121. The fourth-order valence-corrected chi connectivity index (χ4v) is 2.24. The maximum absolute atomic E-state index is 5.59. The third-order valence-corrected chi connectivity index (χ3v) is 3.46. The molecule has 5 nitrogen and oxygen atoms in total. The average molecular weight is 278 g/mol. The predicted molar refractivity (Wildman–Crippen MR) is 82.3 cm³/mol. The fourth-order valence-electron chi connectivity index (χ4n) is 2.24. The van der Waals surface area contributed by atoms with Crippen LogP contribution in [0.15, 0.2) is 6.07 Å². The zero-order valence-corrected chi connectivity index (χ0v) is 13.2. The number of hydrogen-bond acceptors (Lipinski definition) is 5. The lowest BCUT2D eigenvalue weighted by atomic mass is 9.96. The van der Waals surface area contributed by atoms with Crippen LogP contribution in [-0.4, -0.2) is 35.3 Å². The Hall–Kier alpha value is -1.36. The summed E-state index contributed by atoms with van der Waals surface area (Å²) in [5.41, 5.74) is -0.0698. The van der Waals surface area contributed by atoms with Gasteiger partial charge >= 0.3 is 0 Å². The molecule has 0 bridgehead atoms. The first-order valence-corrected chi connectivity index (χ1v) is 7.41. The molecule has 2 atom stereocenters. The molecule has 2 rings (SSSR count). The molecule has 1 aliphatic rings. The number of nitrogens with one attached hydrogen (secondary N) is 2. The number of hydrogen-bond donors (Lipinski definition) is 2. The fraction of sp³-hybridized carbons (Fsp3) is 0.733. The predicted octanol–water partition coefficient (Wildman–Crippen LogP) is 2.80. The molecular formula is C15H26N4O. The first-order valence-electron chi connectivity index (χ1n) is 7.41. The van der Waals surface area contributed by atoms with Crippen LogP contribution in [0.3, 0.4) is 0 Å². The number of anilines is 2. The van der Waals surface area contributed by atoms with Crippen molar-refractivity contribution in [1.29, 1.82) is 0 Å². The van der Waals surface area contributed by atoms with E-state index in [1.165, 1.54) is 0 Å². The Kier molecular flexibility index (Phi) is 4.48. The number of aromatic nitrogens is 2. The highest BCUT2D eigenvalue weighted by atomic mass is 16.5. The summed E-state index contributed by atoms with van der Waals surface area (Å²) in [4.78, 5) is 9.26. The van der Waals surface area contributed by atoms with Crippen LogP contribution in [0.25, 0.3) is 0 Å². The van der Waals surface area contributed by atoms with Gasteiger partial charge in [-0.25, -0.2) is 9.97 Å². The van der Waals surface area contributed by atoms with Crippen LogP contribution in [0.1, 0.15) is 46.9 Å². The van der Waals surface area contributed by atoms with Crippen molar-refractivity contribution >= 4 is 11.6 Å². The Balaban J connectivity index is 2.24. The molecule has 0 aromatic carbocycles. The van der Waals surface area contributed by atoms with Gasteiger partial charge in [0, 0.05) is 24.6 Å². The number of ether oxygens (including phenoxy) is 1. The van der Waals surface area contributed by atoms with Crippen LogP contribution in [0, 0.1) is 0 Å². The molecule has 0 saturated carbocycles. The maximum atomic E-state index is 5.59. The molecule has 112 valence electrons. The molecule has 0 radical (unpaired) electrons. The molecular weight excluding hydrogens is 252 g/mol. The minimum absolute atomic E-state index is 0.0698. The van der Waals surface area contributed by atoms with Gasteiger partial charge in [-0.05, 0) is 20.3 Å². The molecule has 2 heterocycles. The molecule has 0 amide bonds. The van der Waals surface area contributed by atoms with Crippen LogP contribution in [0.2, 0.25) is 0 Å². The molecule has 0 aliphatic carbocycles. The highest BCUT2D eigenvalue weighted by Gasteiger charge is 2.25. The maximum Gasteiger partial charge on any atom is 0.138 e. The van der Waals surface area contributed by atoms with Crippen LogP contribution < -0.4 is 10.6 Å². The first-order chi connectivity index (χ1) is 9.40. The van der Waals surface area contributed by atoms with Crippen molar-refractivity contribution in [2.24, 2.45) is 0 Å². The lowest BCUT2D eigenvalue weighted by Crippen LogP contribution is -2.28. The second-order valence-electron chi connectivity index (χ2n) is 6.36. The van der Waals surface area contributed by atoms with E-state index >= 15 is 0 Å². The zero-order valence-electron chi connectivity index (χ0n) is 13.2. The van der Waals surface area contributed by atoms with Gasteiger partial charge < -0.3 is 15.4 Å². The normalized spacial score (nSPS) is 22.9. The van der Waals surface area contributed by atoms with Gasteiger partial charge in [0.05, 0.1) is 12.1 Å². The quantitative estimate of drug-likeness (QED) is 0.887. The summed E-state index contributed by atoms with van der Waals surface area (Å²) in [6.07, 6.45) is 1.25. The van der Waals surface area contributed by atoms with Crippen molar-refractivity contribution < 1.29 is 4.74 Å². The third-order valence-electron chi connectivity index (χ3n) is 3.46. The lowest BCUT2D eigenvalue weighted by Gasteiger charge is -2.21. The van der Waals surface area contributed by atoms with Crippen molar-refractivity contribution in [3.63, 3.8) is 0 Å². The summed E-state index contributed by atoms with van der Waals surface area (Å²) in [7, 11) is 0. The second kappa shape index (κ2) is 5.95. The van der Waals surface area contributed by atoms with Gasteiger partial charge in [-0.1, -0.05) is 20.8 Å². The van der Waals surface area contributed by atoms with Gasteiger partial charge in [-0.2, -0.15) is 0 Å². The molecule has 2 unspecified atom stereocenters. The van der Waals surface area contributed by atoms with Crippen molar-refractivity contribution in [3.05, 3.63) is 11.9 Å². The highest BCUT2D eigenvalue weighted by molar-refractivity contribution is 5.49. The van der Waals surface area contributed by atoms with Crippen molar-refractivity contribution in [2.75, 3.05) is 23.8 Å². The molecule has 20 heavy (non-hydrogen) atoms. The molecule has 1 aliphatic heterocycles. The van der Waals surface area contributed by atoms with E-state index in [0.29, 0.717) is 6.04 Å². The number of nitrogens with zero attached hydrogens (tertiary/aromatic N) is 2. The van der Waals surface area contributed by atoms with E-state index in [4.69, 9.17) is 4.74 Å². The van der Waals surface area contributed by atoms with Crippen molar-refractivity contribution in [2.45, 2.75) is 58.6 Å². The summed E-state index contributed by atoms with van der Waals surface area (Å²) in [6, 6.07) is 2.30. The van der Waals surface area contributed by atoms with E-state index in [9.17, 15) is 0 Å². The molecule has 1 fully saturated rings. The van der Waals surface area contributed by atoms with E-state index < -0.39 is 0 Å². The first kappa shape index (κ1) is 15.0. The molecule has 0 spiro atoms. The molecule has 5 heteroatoms. The Morgan fingerprint density at radius 1 is 1.30 bits per heavy atom. The van der Waals surface area contributed by atoms with E-state index in [1.54, 1.807) is 0 Å². The molecule has 1 saturated heterocycles. The SMILES string of the molecule is CCNc1cc(NC2CCOC2C)nc(C(C)(C)C)n1. The van der Waals surface area contributed by atoms with Crippen molar-refractivity contribution in [1.82, 2.24) is 9.97 Å². The minimum Gasteiger partial charge on any atom is -0.376 e. The van der Waals surface area contributed by atoms with Gasteiger partial charge in [0.15, 0.2) is 0 Å². The van der Waals surface area contributed by atoms with Crippen LogP contribution >= 0.6 is 0 Å². The largest absolute Gasteiger partial charge is 0.376 e.